The summed E-state index contributed by atoms with van der Waals surface area (Å²) in [4.78, 5) is 30.6. The van der Waals surface area contributed by atoms with Gasteiger partial charge in [0.2, 0.25) is 0 Å². The van der Waals surface area contributed by atoms with Gasteiger partial charge in [-0.1, -0.05) is 19.1 Å². The maximum atomic E-state index is 12.0. The van der Waals surface area contributed by atoms with Gasteiger partial charge in [-0.3, -0.25) is 4.79 Å². The first-order valence-electron chi connectivity index (χ1n) is 10.1. The summed E-state index contributed by atoms with van der Waals surface area (Å²) in [6, 6.07) is 7.49. The van der Waals surface area contributed by atoms with Crippen molar-refractivity contribution in [3.05, 3.63) is 29.8 Å². The predicted molar refractivity (Wildman–Crippen MR) is 115 cm³/mol. The van der Waals surface area contributed by atoms with Crippen molar-refractivity contribution in [3.8, 4) is 0 Å². The number of methoxy groups -OCH3 is 1. The lowest BCUT2D eigenvalue weighted by molar-refractivity contribution is -0.145. The molecule has 1 aromatic carbocycles. The Kier molecular flexibility index (Phi) is 8.30. The van der Waals surface area contributed by atoms with Crippen LogP contribution in [0, 0.1) is 11.8 Å². The third kappa shape index (κ3) is 6.66. The fourth-order valence-electron chi connectivity index (χ4n) is 3.31. The summed E-state index contributed by atoms with van der Waals surface area (Å²) in [5, 5.41) is 8.90. The summed E-state index contributed by atoms with van der Waals surface area (Å²) < 4.78 is 4.92. The number of esters is 1. The van der Waals surface area contributed by atoms with E-state index in [1.54, 1.807) is 0 Å². The molecule has 1 saturated heterocycles. The number of rotatable bonds is 6. The van der Waals surface area contributed by atoms with Crippen LogP contribution in [0.4, 0.5) is 10.5 Å². The second-order valence-corrected chi connectivity index (χ2v) is 7.63. The predicted octanol–water partition coefficient (Wildman–Crippen LogP) is 2.42. The fourth-order valence-corrected chi connectivity index (χ4v) is 3.31. The zero-order chi connectivity index (χ0) is 21.4. The Hall–Kier alpha value is -2.77. The number of amides is 2. The van der Waals surface area contributed by atoms with Gasteiger partial charge in [0, 0.05) is 31.4 Å². The monoisotopic (exact) mass is 403 g/mol. The highest BCUT2D eigenvalue weighted by molar-refractivity contribution is 5.89. The molecule has 2 unspecified atom stereocenters. The third-order valence-electron chi connectivity index (χ3n) is 4.79. The lowest BCUT2D eigenvalue weighted by Gasteiger charge is -2.21. The highest BCUT2D eigenvalue weighted by Crippen LogP contribution is 2.24. The van der Waals surface area contributed by atoms with Crippen molar-refractivity contribution in [1.29, 1.82) is 0 Å². The van der Waals surface area contributed by atoms with Crippen LogP contribution in [0.5, 0.6) is 0 Å². The normalized spacial score (nSPS) is 19.2. The molecule has 3 N–H and O–H groups in total. The van der Waals surface area contributed by atoms with E-state index in [0.717, 1.165) is 30.3 Å². The number of likely N-dealkylation sites (tertiary alicyclic amines) is 1. The number of carbonyl (C=O) groups is 2. The van der Waals surface area contributed by atoms with E-state index in [-0.39, 0.29) is 29.9 Å². The van der Waals surface area contributed by atoms with Gasteiger partial charge in [0.1, 0.15) is 0 Å². The van der Waals surface area contributed by atoms with Gasteiger partial charge in [-0.15, -0.1) is 0 Å². The SMILES string of the molecule is CCNC(=NCc1ccc(NC(=O)NC(C)C)cc1)N1CC(C)C(C(=O)OC)C1. The van der Waals surface area contributed by atoms with Crippen LogP contribution in [0.3, 0.4) is 0 Å². The van der Waals surface area contributed by atoms with Crippen molar-refractivity contribution in [1.82, 2.24) is 15.5 Å². The van der Waals surface area contributed by atoms with Crippen LogP contribution in [0.15, 0.2) is 29.3 Å². The number of guanidine groups is 1. The summed E-state index contributed by atoms with van der Waals surface area (Å²) in [7, 11) is 1.43. The van der Waals surface area contributed by atoms with Gasteiger partial charge in [-0.2, -0.15) is 0 Å². The van der Waals surface area contributed by atoms with E-state index in [2.05, 4.69) is 27.8 Å². The smallest absolute Gasteiger partial charge is 0.319 e. The number of hydrogen-bond acceptors (Lipinski definition) is 4. The quantitative estimate of drug-likeness (QED) is 0.385. The summed E-state index contributed by atoms with van der Waals surface area (Å²) in [6.07, 6.45) is 0. The van der Waals surface area contributed by atoms with E-state index in [4.69, 9.17) is 9.73 Å². The Morgan fingerprint density at radius 2 is 1.93 bits per heavy atom. The van der Waals surface area contributed by atoms with E-state index in [0.29, 0.717) is 13.1 Å². The average Bonchev–Trinajstić information content (AvgIpc) is 3.06. The van der Waals surface area contributed by atoms with Crippen molar-refractivity contribution in [2.75, 3.05) is 32.1 Å². The number of aliphatic imine (C=N–C) groups is 1. The van der Waals surface area contributed by atoms with Crippen LogP contribution in [0.1, 0.15) is 33.3 Å². The molecule has 1 aliphatic rings. The van der Waals surface area contributed by atoms with E-state index in [9.17, 15) is 9.59 Å². The lowest BCUT2D eigenvalue weighted by atomic mass is 9.99. The van der Waals surface area contributed by atoms with E-state index in [1.165, 1.54) is 7.11 Å². The Morgan fingerprint density at radius 3 is 2.52 bits per heavy atom. The molecule has 1 aliphatic heterocycles. The fraction of sp³-hybridized carbons (Fsp3) is 0.571. The van der Waals surface area contributed by atoms with Crippen LogP contribution < -0.4 is 16.0 Å². The van der Waals surface area contributed by atoms with Crippen LogP contribution in [-0.4, -0.2) is 55.6 Å². The van der Waals surface area contributed by atoms with Crippen molar-refractivity contribution in [2.24, 2.45) is 16.8 Å². The molecule has 8 heteroatoms. The minimum absolute atomic E-state index is 0.0835. The Morgan fingerprint density at radius 1 is 1.24 bits per heavy atom. The number of anilines is 1. The maximum Gasteiger partial charge on any atom is 0.319 e. The zero-order valence-corrected chi connectivity index (χ0v) is 18.0. The first-order valence-corrected chi connectivity index (χ1v) is 10.1. The number of urea groups is 1. The molecule has 1 aromatic rings. The number of nitrogens with zero attached hydrogens (tertiary/aromatic N) is 2. The lowest BCUT2D eigenvalue weighted by Crippen LogP contribution is -2.40. The van der Waals surface area contributed by atoms with Crippen LogP contribution in [0.25, 0.3) is 0 Å². The van der Waals surface area contributed by atoms with Crippen LogP contribution in [-0.2, 0) is 16.1 Å². The number of benzene rings is 1. The minimum Gasteiger partial charge on any atom is -0.469 e. The number of carbonyl (C=O) groups excluding carboxylic acids is 2. The molecule has 160 valence electrons. The van der Waals surface area contributed by atoms with Crippen LogP contribution >= 0.6 is 0 Å². The van der Waals surface area contributed by atoms with Crippen molar-refractivity contribution in [2.45, 2.75) is 40.3 Å². The van der Waals surface area contributed by atoms with Gasteiger partial charge in [-0.25, -0.2) is 9.79 Å². The molecule has 0 aromatic heterocycles. The van der Waals surface area contributed by atoms with Gasteiger partial charge >= 0.3 is 12.0 Å². The summed E-state index contributed by atoms with van der Waals surface area (Å²) in [5.41, 5.74) is 1.77. The zero-order valence-electron chi connectivity index (χ0n) is 18.0. The van der Waals surface area contributed by atoms with Gasteiger partial charge < -0.3 is 25.6 Å². The Bertz CT molecular complexity index is 718. The molecule has 2 amide bonds. The molecule has 0 spiro atoms. The second-order valence-electron chi connectivity index (χ2n) is 7.63. The second kappa shape index (κ2) is 10.7. The van der Waals surface area contributed by atoms with Gasteiger partial charge in [0.25, 0.3) is 0 Å². The first-order chi connectivity index (χ1) is 13.8. The molecule has 2 rings (SSSR count). The van der Waals surface area contributed by atoms with Crippen molar-refractivity contribution < 1.29 is 14.3 Å². The minimum atomic E-state index is -0.219. The molecule has 0 aliphatic carbocycles. The highest BCUT2D eigenvalue weighted by atomic mass is 16.5. The number of ether oxygens (including phenoxy) is 1. The van der Waals surface area contributed by atoms with Crippen LogP contribution in [0.2, 0.25) is 0 Å². The Labute approximate surface area is 173 Å². The van der Waals surface area contributed by atoms with Crippen molar-refractivity contribution in [3.63, 3.8) is 0 Å². The standard InChI is InChI=1S/C21H33N5O3/c1-6-22-20(26-12-15(4)18(13-26)19(27)29-5)23-11-16-7-9-17(10-8-16)25-21(28)24-14(2)3/h7-10,14-15,18H,6,11-13H2,1-5H3,(H,22,23)(H2,24,25,28). The summed E-state index contributed by atoms with van der Waals surface area (Å²) >= 11 is 0. The molecule has 1 fully saturated rings. The third-order valence-corrected chi connectivity index (χ3v) is 4.79. The largest absolute Gasteiger partial charge is 0.469 e. The highest BCUT2D eigenvalue weighted by Gasteiger charge is 2.36. The molecule has 8 nitrogen and oxygen atoms in total. The van der Waals surface area contributed by atoms with E-state index >= 15 is 0 Å². The molecule has 2 atom stereocenters. The molecule has 29 heavy (non-hydrogen) atoms. The Balaban J connectivity index is 2.00. The number of hydrogen-bond donors (Lipinski definition) is 3. The van der Waals surface area contributed by atoms with Gasteiger partial charge in [0.05, 0.1) is 19.6 Å². The molecule has 1 heterocycles. The topological polar surface area (TPSA) is 95.1 Å². The summed E-state index contributed by atoms with van der Waals surface area (Å²) in [6.45, 7) is 10.5. The van der Waals surface area contributed by atoms with E-state index < -0.39 is 0 Å². The van der Waals surface area contributed by atoms with Gasteiger partial charge in [-0.05, 0) is 44.4 Å². The molecular weight excluding hydrogens is 370 g/mol. The summed E-state index contributed by atoms with van der Waals surface area (Å²) in [5.74, 6) is 0.713. The molecule has 0 bridgehead atoms. The molecular formula is C21H33N5O3. The average molecular weight is 404 g/mol. The number of nitrogens with one attached hydrogen (secondary N) is 3. The maximum absolute atomic E-state index is 12.0. The molecule has 0 radical (unpaired) electrons. The first kappa shape index (κ1) is 22.5. The van der Waals surface area contributed by atoms with Crippen molar-refractivity contribution >= 4 is 23.6 Å². The van der Waals surface area contributed by atoms with E-state index in [1.807, 2.05) is 45.0 Å². The van der Waals surface area contributed by atoms with Gasteiger partial charge in [0.15, 0.2) is 5.96 Å². The molecule has 0 saturated carbocycles.